The second kappa shape index (κ2) is 21.0. The van der Waals surface area contributed by atoms with Gasteiger partial charge in [-0.05, 0) is 52.4 Å². The van der Waals surface area contributed by atoms with E-state index in [4.69, 9.17) is 0 Å². The summed E-state index contributed by atoms with van der Waals surface area (Å²) in [5.41, 5.74) is 1.80. The van der Waals surface area contributed by atoms with Crippen LogP contribution in [0, 0.1) is 10.8 Å². The predicted octanol–water partition coefficient (Wildman–Crippen LogP) is 3.57. The molecule has 0 radical (unpaired) electrons. The zero-order chi connectivity index (χ0) is 33.9. The number of piperazine rings is 4. The highest BCUT2D eigenvalue weighted by Crippen LogP contribution is 2.20. The van der Waals surface area contributed by atoms with Crippen molar-refractivity contribution in [3.63, 3.8) is 0 Å². The second-order valence-corrected chi connectivity index (χ2v) is 16.2. The first-order valence-corrected chi connectivity index (χ1v) is 16.2. The molecule has 0 spiro atoms. The Morgan fingerprint density at radius 2 is 1.21 bits per heavy atom. The maximum atomic E-state index is 11.3. The van der Waals surface area contributed by atoms with Gasteiger partial charge in [0.1, 0.15) is 0 Å². The van der Waals surface area contributed by atoms with Crippen molar-refractivity contribution in [2.24, 2.45) is 10.8 Å². The van der Waals surface area contributed by atoms with E-state index in [0.717, 1.165) is 51.5 Å². The highest BCUT2D eigenvalue weighted by molar-refractivity contribution is 5.80. The minimum atomic E-state index is -0.0147. The molecule has 280 valence electrons. The van der Waals surface area contributed by atoms with Crippen molar-refractivity contribution in [1.82, 2.24) is 41.7 Å². The Balaban J connectivity index is -0.000000538. The molecule has 0 aromatic heterocycles. The molecule has 0 aromatic carbocycles. The summed E-state index contributed by atoms with van der Waals surface area (Å²) in [6, 6.07) is 0.670. The van der Waals surface area contributed by atoms with Crippen LogP contribution in [0.2, 0.25) is 0 Å². The minimum Gasteiger partial charge on any atom is -0.386 e. The van der Waals surface area contributed by atoms with E-state index in [1.165, 1.54) is 0 Å². The molecule has 4 saturated heterocycles. The predicted molar refractivity (Wildman–Crippen MR) is 202 cm³/mol. The molecule has 0 bridgehead atoms. The van der Waals surface area contributed by atoms with Crippen molar-refractivity contribution in [3.05, 3.63) is 12.3 Å². The maximum absolute atomic E-state index is 11.3. The number of carbonyl (C=O) groups is 3. The molecule has 2 unspecified atom stereocenters. The van der Waals surface area contributed by atoms with Crippen LogP contribution < -0.4 is 31.9 Å². The van der Waals surface area contributed by atoms with Gasteiger partial charge in [0.15, 0.2) is 0 Å². The first-order valence-electron chi connectivity index (χ1n) is 16.2. The van der Waals surface area contributed by atoms with E-state index in [2.05, 4.69) is 126 Å². The molecule has 0 aliphatic carbocycles. The molecule has 0 aromatic rings. The summed E-state index contributed by atoms with van der Waals surface area (Å²) in [5, 5.41) is 18.4. The Morgan fingerprint density at radius 3 is 1.55 bits per heavy atom. The van der Waals surface area contributed by atoms with Crippen LogP contribution >= 0.6 is 0 Å². The van der Waals surface area contributed by atoms with E-state index in [-0.39, 0.29) is 68.0 Å². The first kappa shape index (κ1) is 49.2. The van der Waals surface area contributed by atoms with Crippen LogP contribution in [0.5, 0.6) is 0 Å². The molecule has 4 fully saturated rings. The molecule has 3 amide bonds. The third kappa shape index (κ3) is 19.4. The topological polar surface area (TPSA) is 130 Å². The fourth-order valence-electron chi connectivity index (χ4n) is 4.95. The number of rotatable bonds is 0. The smallest absolute Gasteiger partial charge is 0.237 e. The standard InChI is InChI=1S/C9H18N2.3C8H16N2O.3CH4/c1-8-7-11(6-5-10-8)9(2,3)4;1-8(2,3)6-4-10-7(11)5-9-6;1-8(2,3)6-4-9-5-7(11)10-6;1-8(2,3)10-5-4-9-6-7(10)11;;;/h10H,1,5-7H2,2-4H3;2*6,9H,4-5H2,1-3H3,(H,10,11);9H,4-6H2,1-3H3;3*1H4. The summed E-state index contributed by atoms with van der Waals surface area (Å²) in [7, 11) is 0. The SMILES string of the molecule is C.C.C.C=C1CN(C(C)(C)C)CCN1.CC(C)(C)C1CNC(=O)CN1.CC(C)(C)C1CNCC(=O)N1.CC(C)(C)N1CCNCC1=O. The summed E-state index contributed by atoms with van der Waals surface area (Å²) in [6.45, 7) is 37.7. The zero-order valence-corrected chi connectivity index (χ0v) is 30.1. The summed E-state index contributed by atoms with van der Waals surface area (Å²) in [6.07, 6.45) is 0. The highest BCUT2D eigenvalue weighted by Gasteiger charge is 2.30. The maximum Gasteiger partial charge on any atom is 0.237 e. The highest BCUT2D eigenvalue weighted by atomic mass is 16.2. The average Bonchev–Trinajstić information content (AvgIpc) is 2.88. The van der Waals surface area contributed by atoms with Crippen LogP contribution in [0.4, 0.5) is 0 Å². The fraction of sp³-hybridized carbons (Fsp3) is 0.861. The number of nitrogens with zero attached hydrogens (tertiary/aromatic N) is 2. The fourth-order valence-corrected chi connectivity index (χ4v) is 4.95. The van der Waals surface area contributed by atoms with Gasteiger partial charge in [-0.1, -0.05) is 70.4 Å². The largest absolute Gasteiger partial charge is 0.386 e. The number of amides is 3. The van der Waals surface area contributed by atoms with Crippen LogP contribution in [0.25, 0.3) is 0 Å². The molecule has 0 saturated carbocycles. The molecule has 11 heteroatoms. The Kier molecular flexibility index (Phi) is 22.0. The van der Waals surface area contributed by atoms with Gasteiger partial charge in [0, 0.05) is 74.7 Å². The van der Waals surface area contributed by atoms with Crippen molar-refractivity contribution in [2.45, 2.75) is 129 Å². The zero-order valence-electron chi connectivity index (χ0n) is 30.1. The van der Waals surface area contributed by atoms with Crippen LogP contribution in [0.15, 0.2) is 12.3 Å². The minimum absolute atomic E-state index is 0. The molecule has 6 N–H and O–H groups in total. The van der Waals surface area contributed by atoms with Gasteiger partial charge in [0.05, 0.1) is 19.6 Å². The molecular weight excluding hydrogens is 592 g/mol. The van der Waals surface area contributed by atoms with Crippen molar-refractivity contribution in [1.29, 1.82) is 0 Å². The molecule has 4 heterocycles. The first-order chi connectivity index (χ1) is 20.0. The second-order valence-electron chi connectivity index (χ2n) is 16.2. The molecule has 47 heavy (non-hydrogen) atoms. The average molecular weight is 671 g/mol. The molecule has 4 aliphatic rings. The van der Waals surface area contributed by atoms with E-state index in [0.29, 0.717) is 25.7 Å². The van der Waals surface area contributed by atoms with E-state index in [1.54, 1.807) is 0 Å². The van der Waals surface area contributed by atoms with Crippen molar-refractivity contribution < 1.29 is 14.4 Å². The lowest BCUT2D eigenvalue weighted by molar-refractivity contribution is -0.136. The van der Waals surface area contributed by atoms with Gasteiger partial charge < -0.3 is 36.8 Å². The van der Waals surface area contributed by atoms with E-state index in [1.807, 2.05) is 4.90 Å². The van der Waals surface area contributed by atoms with Gasteiger partial charge >= 0.3 is 0 Å². The van der Waals surface area contributed by atoms with Gasteiger partial charge in [-0.3, -0.25) is 19.3 Å². The van der Waals surface area contributed by atoms with Crippen LogP contribution in [-0.2, 0) is 14.4 Å². The Morgan fingerprint density at radius 1 is 0.638 bits per heavy atom. The van der Waals surface area contributed by atoms with Gasteiger partial charge in [-0.2, -0.15) is 0 Å². The quantitative estimate of drug-likeness (QED) is 0.231. The third-order valence-corrected chi connectivity index (χ3v) is 8.06. The monoisotopic (exact) mass is 671 g/mol. The van der Waals surface area contributed by atoms with Crippen molar-refractivity contribution in [3.8, 4) is 0 Å². The van der Waals surface area contributed by atoms with Crippen molar-refractivity contribution in [2.75, 3.05) is 65.4 Å². The Hall–Kier alpha value is -2.21. The molecule has 4 rings (SSSR count). The number of carbonyl (C=O) groups excluding carboxylic acids is 3. The lowest BCUT2D eigenvalue weighted by atomic mass is 9.86. The lowest BCUT2D eigenvalue weighted by Gasteiger charge is -2.39. The van der Waals surface area contributed by atoms with Gasteiger partial charge in [0.25, 0.3) is 0 Å². The Labute approximate surface area is 290 Å². The number of hydrogen-bond acceptors (Lipinski definition) is 8. The molecule has 4 aliphatic heterocycles. The van der Waals surface area contributed by atoms with Gasteiger partial charge in [0.2, 0.25) is 17.7 Å². The summed E-state index contributed by atoms with van der Waals surface area (Å²) >= 11 is 0. The van der Waals surface area contributed by atoms with Gasteiger partial charge in [-0.15, -0.1) is 0 Å². The third-order valence-electron chi connectivity index (χ3n) is 8.06. The van der Waals surface area contributed by atoms with Crippen LogP contribution in [0.3, 0.4) is 0 Å². The Bertz CT molecular complexity index is 894. The van der Waals surface area contributed by atoms with Crippen molar-refractivity contribution >= 4 is 17.7 Å². The van der Waals surface area contributed by atoms with E-state index in [9.17, 15) is 14.4 Å². The summed E-state index contributed by atoms with van der Waals surface area (Å²) < 4.78 is 0. The lowest BCUT2D eigenvalue weighted by Crippen LogP contribution is -2.57. The summed E-state index contributed by atoms with van der Waals surface area (Å²) in [4.78, 5) is 37.4. The van der Waals surface area contributed by atoms with E-state index >= 15 is 0 Å². The van der Waals surface area contributed by atoms with Crippen LogP contribution in [-0.4, -0.2) is 116 Å². The number of nitrogens with one attached hydrogen (secondary N) is 6. The van der Waals surface area contributed by atoms with Crippen LogP contribution in [0.1, 0.15) is 105 Å². The normalized spacial score (nSPS) is 22.3. The van der Waals surface area contributed by atoms with Gasteiger partial charge in [-0.25, -0.2) is 0 Å². The molecular formula is C36H78N8O3. The summed E-state index contributed by atoms with van der Waals surface area (Å²) in [5.74, 6) is 0.422. The number of hydrogen-bond donors (Lipinski definition) is 6. The van der Waals surface area contributed by atoms with E-state index < -0.39 is 0 Å². The molecule has 2 atom stereocenters. The molecule has 11 nitrogen and oxygen atoms in total.